The Morgan fingerprint density at radius 2 is 2.00 bits per heavy atom. The molecule has 1 atom stereocenters. The maximum Gasteiger partial charge on any atom is 0.0360 e. The Labute approximate surface area is 90.3 Å². The third-order valence-corrected chi connectivity index (χ3v) is 4.33. The fourth-order valence-corrected chi connectivity index (χ4v) is 3.41. The average molecular weight is 217 g/mol. The largest absolute Gasteiger partial charge is 0.316 e. The molecule has 1 fully saturated rings. The Bertz CT molecular complexity index is 167. The van der Waals surface area contributed by atoms with Crippen molar-refractivity contribution < 1.29 is 4.21 Å². The molecule has 14 heavy (non-hydrogen) atoms. The molecule has 1 N–H and O–H groups in total. The molecule has 1 saturated carbocycles. The first kappa shape index (κ1) is 12.2. The second-order valence-corrected chi connectivity index (χ2v) is 5.83. The van der Waals surface area contributed by atoms with E-state index in [9.17, 15) is 4.21 Å². The van der Waals surface area contributed by atoms with Gasteiger partial charge in [0.25, 0.3) is 0 Å². The fourth-order valence-electron chi connectivity index (χ4n) is 2.01. The summed E-state index contributed by atoms with van der Waals surface area (Å²) in [5.74, 6) is 2.56. The molecule has 84 valence electrons. The van der Waals surface area contributed by atoms with Gasteiger partial charge in [-0.05, 0) is 31.7 Å². The highest BCUT2D eigenvalue weighted by Crippen LogP contribution is 2.25. The molecule has 1 rings (SSSR count). The van der Waals surface area contributed by atoms with Crippen LogP contribution in [-0.2, 0) is 10.8 Å². The second kappa shape index (κ2) is 7.41. The average Bonchev–Trinajstić information content (AvgIpc) is 2.65. The van der Waals surface area contributed by atoms with E-state index in [1.54, 1.807) is 0 Å². The fraction of sp³-hybridized carbons (Fsp3) is 1.00. The zero-order valence-electron chi connectivity index (χ0n) is 9.26. The standard InChI is InChI=1S/C11H23NOS/c1-2-7-12-8-9-14(13)10-11-5-3-4-6-11/h11-12H,2-10H2,1H3. The lowest BCUT2D eigenvalue weighted by Gasteiger charge is -2.08. The lowest BCUT2D eigenvalue weighted by Crippen LogP contribution is -2.23. The predicted octanol–water partition coefficient (Wildman–Crippen LogP) is 1.92. The van der Waals surface area contributed by atoms with E-state index < -0.39 is 10.8 Å². The topological polar surface area (TPSA) is 29.1 Å². The van der Waals surface area contributed by atoms with Crippen LogP contribution in [0.4, 0.5) is 0 Å². The highest BCUT2D eigenvalue weighted by Gasteiger charge is 2.17. The SMILES string of the molecule is CCCNCCS(=O)CC1CCCC1. The van der Waals surface area contributed by atoms with Crippen LogP contribution in [0.5, 0.6) is 0 Å². The van der Waals surface area contributed by atoms with Crippen LogP contribution in [-0.4, -0.2) is 28.8 Å². The van der Waals surface area contributed by atoms with Gasteiger partial charge in [0, 0.05) is 28.9 Å². The first-order chi connectivity index (χ1) is 6.83. The van der Waals surface area contributed by atoms with Gasteiger partial charge in [0.2, 0.25) is 0 Å². The smallest absolute Gasteiger partial charge is 0.0360 e. The van der Waals surface area contributed by atoms with Crippen LogP contribution in [0.25, 0.3) is 0 Å². The van der Waals surface area contributed by atoms with Gasteiger partial charge in [-0.15, -0.1) is 0 Å². The Hall–Kier alpha value is 0.110. The van der Waals surface area contributed by atoms with Crippen LogP contribution in [0.3, 0.4) is 0 Å². The van der Waals surface area contributed by atoms with Gasteiger partial charge >= 0.3 is 0 Å². The summed E-state index contributed by atoms with van der Waals surface area (Å²) in [6.45, 7) is 4.14. The summed E-state index contributed by atoms with van der Waals surface area (Å²) >= 11 is 0. The van der Waals surface area contributed by atoms with Gasteiger partial charge in [-0.2, -0.15) is 0 Å². The Morgan fingerprint density at radius 3 is 2.64 bits per heavy atom. The monoisotopic (exact) mass is 217 g/mol. The molecule has 0 aromatic carbocycles. The third-order valence-electron chi connectivity index (χ3n) is 2.83. The normalized spacial score (nSPS) is 20.1. The molecule has 1 aliphatic rings. The van der Waals surface area contributed by atoms with E-state index in [0.29, 0.717) is 0 Å². The van der Waals surface area contributed by atoms with Crippen LogP contribution < -0.4 is 5.32 Å². The zero-order valence-corrected chi connectivity index (χ0v) is 10.1. The molecule has 1 aliphatic carbocycles. The van der Waals surface area contributed by atoms with Crippen molar-refractivity contribution in [3.05, 3.63) is 0 Å². The molecule has 0 heterocycles. The molecule has 0 spiro atoms. The summed E-state index contributed by atoms with van der Waals surface area (Å²) in [5, 5.41) is 3.30. The molecule has 2 nitrogen and oxygen atoms in total. The van der Waals surface area contributed by atoms with Crippen molar-refractivity contribution in [3.8, 4) is 0 Å². The molecule has 0 aliphatic heterocycles. The maximum atomic E-state index is 11.6. The highest BCUT2D eigenvalue weighted by molar-refractivity contribution is 7.85. The molecule has 0 aromatic rings. The van der Waals surface area contributed by atoms with E-state index in [1.807, 2.05) is 0 Å². The minimum Gasteiger partial charge on any atom is -0.316 e. The molecule has 3 heteroatoms. The minimum absolute atomic E-state index is 0.576. The van der Waals surface area contributed by atoms with E-state index in [1.165, 1.54) is 25.7 Å². The van der Waals surface area contributed by atoms with Crippen molar-refractivity contribution in [3.63, 3.8) is 0 Å². The van der Waals surface area contributed by atoms with E-state index in [4.69, 9.17) is 0 Å². The molecular formula is C11H23NOS. The quantitative estimate of drug-likeness (QED) is 0.660. The van der Waals surface area contributed by atoms with Gasteiger partial charge in [-0.3, -0.25) is 4.21 Å². The van der Waals surface area contributed by atoms with Gasteiger partial charge in [0.15, 0.2) is 0 Å². The Balaban J connectivity index is 1.98. The maximum absolute atomic E-state index is 11.6. The summed E-state index contributed by atoms with van der Waals surface area (Å²) < 4.78 is 11.6. The molecule has 1 unspecified atom stereocenters. The van der Waals surface area contributed by atoms with Crippen LogP contribution >= 0.6 is 0 Å². The summed E-state index contributed by atoms with van der Waals surface area (Å²) in [7, 11) is -0.576. The van der Waals surface area contributed by atoms with Crippen molar-refractivity contribution in [1.82, 2.24) is 5.32 Å². The highest BCUT2D eigenvalue weighted by atomic mass is 32.2. The number of rotatable bonds is 7. The first-order valence-electron chi connectivity index (χ1n) is 5.88. The van der Waals surface area contributed by atoms with Crippen LogP contribution in [0, 0.1) is 5.92 Å². The zero-order chi connectivity index (χ0) is 10.2. The molecule has 0 saturated heterocycles. The van der Waals surface area contributed by atoms with Crippen LogP contribution in [0.15, 0.2) is 0 Å². The van der Waals surface area contributed by atoms with Gasteiger partial charge in [-0.25, -0.2) is 0 Å². The molecule has 0 aromatic heterocycles. The van der Waals surface area contributed by atoms with Crippen molar-refractivity contribution in [2.45, 2.75) is 39.0 Å². The molecule has 0 amide bonds. The minimum atomic E-state index is -0.576. The molecular weight excluding hydrogens is 194 g/mol. The van der Waals surface area contributed by atoms with Gasteiger partial charge in [0.1, 0.15) is 0 Å². The Kier molecular flexibility index (Phi) is 6.45. The molecule has 0 radical (unpaired) electrons. The first-order valence-corrected chi connectivity index (χ1v) is 7.37. The summed E-state index contributed by atoms with van der Waals surface area (Å²) in [4.78, 5) is 0. The molecule has 0 bridgehead atoms. The van der Waals surface area contributed by atoms with Gasteiger partial charge < -0.3 is 5.32 Å². The van der Waals surface area contributed by atoms with E-state index in [2.05, 4.69) is 12.2 Å². The number of hydrogen-bond donors (Lipinski definition) is 1. The lowest BCUT2D eigenvalue weighted by molar-refractivity contribution is 0.602. The summed E-state index contributed by atoms with van der Waals surface area (Å²) in [5.41, 5.74) is 0. The second-order valence-electron chi connectivity index (χ2n) is 4.21. The van der Waals surface area contributed by atoms with Crippen LogP contribution in [0.1, 0.15) is 39.0 Å². The van der Waals surface area contributed by atoms with Gasteiger partial charge in [-0.1, -0.05) is 19.8 Å². The van der Waals surface area contributed by atoms with Crippen molar-refractivity contribution >= 4 is 10.8 Å². The summed E-state index contributed by atoms with van der Waals surface area (Å²) in [6.07, 6.45) is 6.50. The van der Waals surface area contributed by atoms with Crippen molar-refractivity contribution in [2.75, 3.05) is 24.6 Å². The van der Waals surface area contributed by atoms with Crippen molar-refractivity contribution in [2.24, 2.45) is 5.92 Å². The van der Waals surface area contributed by atoms with Crippen molar-refractivity contribution in [1.29, 1.82) is 0 Å². The van der Waals surface area contributed by atoms with E-state index in [0.717, 1.165) is 36.9 Å². The van der Waals surface area contributed by atoms with Crippen LogP contribution in [0.2, 0.25) is 0 Å². The summed E-state index contributed by atoms with van der Waals surface area (Å²) in [6, 6.07) is 0. The predicted molar refractivity (Wildman–Crippen MR) is 63.0 cm³/mol. The van der Waals surface area contributed by atoms with E-state index >= 15 is 0 Å². The lowest BCUT2D eigenvalue weighted by atomic mass is 10.1. The number of nitrogens with one attached hydrogen (secondary N) is 1. The van der Waals surface area contributed by atoms with Gasteiger partial charge in [0.05, 0.1) is 0 Å². The van der Waals surface area contributed by atoms with E-state index in [-0.39, 0.29) is 0 Å². The third kappa shape index (κ3) is 5.11. The Morgan fingerprint density at radius 1 is 1.29 bits per heavy atom. The number of hydrogen-bond acceptors (Lipinski definition) is 2.